The van der Waals surface area contributed by atoms with Gasteiger partial charge in [0.15, 0.2) is 5.75 Å². The van der Waals surface area contributed by atoms with Crippen molar-refractivity contribution in [2.45, 2.75) is 20.5 Å². The molecule has 3 nitrogen and oxygen atoms in total. The van der Waals surface area contributed by atoms with Crippen molar-refractivity contribution in [1.82, 2.24) is 0 Å². The fourth-order valence-electron chi connectivity index (χ4n) is 1.91. The largest absolute Gasteiger partial charge is 0.431 e. The van der Waals surface area contributed by atoms with Crippen molar-refractivity contribution < 1.29 is 18.3 Å². The second-order valence-electron chi connectivity index (χ2n) is 4.42. The van der Waals surface area contributed by atoms with Gasteiger partial charge in [-0.1, -0.05) is 11.6 Å². The molecule has 0 spiro atoms. The van der Waals surface area contributed by atoms with E-state index in [4.69, 9.17) is 11.6 Å². The fraction of sp³-hybridized carbons (Fsp3) is 0.214. The summed E-state index contributed by atoms with van der Waals surface area (Å²) in [6.07, 6.45) is 0. The molecule has 0 aliphatic carbocycles. The zero-order chi connectivity index (χ0) is 16.4. The number of halogens is 4. The summed E-state index contributed by atoms with van der Waals surface area (Å²) in [5, 5.41) is 2.84. The van der Waals surface area contributed by atoms with E-state index >= 15 is 0 Å². The van der Waals surface area contributed by atoms with Crippen LogP contribution in [-0.4, -0.2) is 12.5 Å². The topological polar surface area (TPSA) is 38.3 Å². The Morgan fingerprint density at radius 1 is 1.36 bits per heavy atom. The lowest BCUT2D eigenvalue weighted by Gasteiger charge is -2.14. The predicted octanol–water partition coefficient (Wildman–Crippen LogP) is 5.63. The first-order valence-corrected chi connectivity index (χ1v) is 8.09. The van der Waals surface area contributed by atoms with Crippen molar-refractivity contribution in [3.8, 4) is 5.75 Å². The summed E-state index contributed by atoms with van der Waals surface area (Å²) in [4.78, 5) is 14.1. The highest BCUT2D eigenvalue weighted by molar-refractivity contribution is 9.10. The van der Waals surface area contributed by atoms with Crippen LogP contribution in [0.15, 0.2) is 22.7 Å². The van der Waals surface area contributed by atoms with Crippen LogP contribution in [0.2, 0.25) is 5.02 Å². The van der Waals surface area contributed by atoms with Gasteiger partial charge in [0.05, 0.1) is 15.7 Å². The summed E-state index contributed by atoms with van der Waals surface area (Å²) in [6, 6.07) is 4.51. The van der Waals surface area contributed by atoms with Gasteiger partial charge in [0.2, 0.25) is 0 Å². The first-order chi connectivity index (χ1) is 10.3. The summed E-state index contributed by atoms with van der Waals surface area (Å²) in [6.45, 7) is 0.686. The molecule has 1 aromatic heterocycles. The van der Waals surface area contributed by atoms with E-state index < -0.39 is 12.5 Å². The number of alkyl halides is 2. The van der Waals surface area contributed by atoms with Crippen molar-refractivity contribution in [2.24, 2.45) is 0 Å². The van der Waals surface area contributed by atoms with Gasteiger partial charge >= 0.3 is 6.61 Å². The molecule has 0 unspecified atom stereocenters. The number of anilines is 1. The minimum atomic E-state index is -3.02. The van der Waals surface area contributed by atoms with Gasteiger partial charge in [-0.25, -0.2) is 0 Å². The number of rotatable bonds is 4. The molecule has 0 bridgehead atoms. The Hall–Kier alpha value is -1.18. The number of nitrogens with one attached hydrogen (secondary N) is 1. The Balaban J connectivity index is 2.36. The molecule has 0 atom stereocenters. The molecule has 2 aromatic rings. The molecule has 22 heavy (non-hydrogen) atoms. The number of carbonyl (C=O) groups is 1. The average Bonchev–Trinajstić information content (AvgIpc) is 2.72. The lowest BCUT2D eigenvalue weighted by Crippen LogP contribution is -2.14. The molecule has 0 aliphatic rings. The Kier molecular flexibility index (Phi) is 5.41. The maximum absolute atomic E-state index is 12.5. The molecule has 1 heterocycles. The number of hydrogen-bond acceptors (Lipinski definition) is 3. The second-order valence-corrected chi connectivity index (χ2v) is 7.18. The Labute approximate surface area is 143 Å². The first-order valence-electron chi connectivity index (χ1n) is 6.10. The SMILES string of the molecule is Cc1cc(C(=O)Nc2cc(Cl)cc(Br)c2OC(F)F)c(C)s1. The molecule has 0 fully saturated rings. The van der Waals surface area contributed by atoms with Gasteiger partial charge < -0.3 is 10.1 Å². The molecule has 0 saturated carbocycles. The summed E-state index contributed by atoms with van der Waals surface area (Å²) in [7, 11) is 0. The Morgan fingerprint density at radius 3 is 2.59 bits per heavy atom. The summed E-state index contributed by atoms with van der Waals surface area (Å²) >= 11 is 10.5. The predicted molar refractivity (Wildman–Crippen MR) is 87.5 cm³/mol. The number of thiophene rings is 1. The smallest absolute Gasteiger partial charge is 0.387 e. The van der Waals surface area contributed by atoms with Crippen LogP contribution in [0.1, 0.15) is 20.1 Å². The molecule has 118 valence electrons. The van der Waals surface area contributed by atoms with Crippen LogP contribution in [0.25, 0.3) is 0 Å². The van der Waals surface area contributed by atoms with E-state index in [1.807, 2.05) is 13.8 Å². The summed E-state index contributed by atoms with van der Waals surface area (Å²) < 4.78 is 29.7. The van der Waals surface area contributed by atoms with Crippen molar-refractivity contribution in [2.75, 3.05) is 5.32 Å². The second kappa shape index (κ2) is 6.93. The van der Waals surface area contributed by atoms with Gasteiger partial charge in [-0.15, -0.1) is 11.3 Å². The minimum Gasteiger partial charge on any atom is -0.431 e. The van der Waals surface area contributed by atoms with Gasteiger partial charge in [0.25, 0.3) is 5.91 Å². The Morgan fingerprint density at radius 2 is 2.05 bits per heavy atom. The van der Waals surface area contributed by atoms with Gasteiger partial charge in [-0.3, -0.25) is 4.79 Å². The van der Waals surface area contributed by atoms with Crippen molar-refractivity contribution >= 4 is 50.5 Å². The van der Waals surface area contributed by atoms with E-state index in [9.17, 15) is 13.6 Å². The highest BCUT2D eigenvalue weighted by Crippen LogP contribution is 2.38. The molecule has 2 rings (SSSR count). The van der Waals surface area contributed by atoms with Crippen molar-refractivity contribution in [1.29, 1.82) is 0 Å². The molecule has 1 amide bonds. The Bertz CT molecular complexity index is 721. The molecule has 1 N–H and O–H groups in total. The van der Waals surface area contributed by atoms with Crippen LogP contribution < -0.4 is 10.1 Å². The standard InChI is InChI=1S/C14H11BrClF2NO2S/c1-6-3-9(7(2)22-6)13(20)19-11-5-8(16)4-10(15)12(11)21-14(17)18/h3-5,14H,1-2H3,(H,19,20). The van der Waals surface area contributed by atoms with Crippen LogP contribution in [-0.2, 0) is 0 Å². The van der Waals surface area contributed by atoms with E-state index in [2.05, 4.69) is 26.0 Å². The van der Waals surface area contributed by atoms with E-state index in [0.717, 1.165) is 9.75 Å². The first kappa shape index (κ1) is 17.2. The molecule has 1 aromatic carbocycles. The zero-order valence-electron chi connectivity index (χ0n) is 11.5. The van der Waals surface area contributed by atoms with E-state index in [-0.39, 0.29) is 20.9 Å². The quantitative estimate of drug-likeness (QED) is 0.709. The van der Waals surface area contributed by atoms with Crippen LogP contribution in [0.3, 0.4) is 0 Å². The molecular weight excluding hydrogens is 400 g/mol. The number of carbonyl (C=O) groups excluding carboxylic acids is 1. The van der Waals surface area contributed by atoms with Crippen molar-refractivity contribution in [3.05, 3.63) is 43.0 Å². The number of amides is 1. The summed E-state index contributed by atoms with van der Waals surface area (Å²) in [5.74, 6) is -0.576. The fourth-order valence-corrected chi connectivity index (χ4v) is 3.73. The van der Waals surface area contributed by atoms with E-state index in [0.29, 0.717) is 5.56 Å². The molecule has 8 heteroatoms. The summed E-state index contributed by atoms with van der Waals surface area (Å²) in [5.41, 5.74) is 0.564. The van der Waals surface area contributed by atoms with Crippen LogP contribution in [0.5, 0.6) is 5.75 Å². The third-order valence-corrected chi connectivity index (χ3v) is 4.52. The lowest BCUT2D eigenvalue weighted by molar-refractivity contribution is -0.0498. The van der Waals surface area contributed by atoms with Crippen molar-refractivity contribution in [3.63, 3.8) is 0 Å². The van der Waals surface area contributed by atoms with Gasteiger partial charge in [0, 0.05) is 14.8 Å². The van der Waals surface area contributed by atoms with E-state index in [1.165, 1.54) is 23.5 Å². The minimum absolute atomic E-state index is 0.0768. The normalized spacial score (nSPS) is 10.9. The monoisotopic (exact) mass is 409 g/mol. The number of ether oxygens (including phenoxy) is 1. The maximum Gasteiger partial charge on any atom is 0.387 e. The van der Waals surface area contributed by atoms with Crippen LogP contribution >= 0.6 is 38.9 Å². The van der Waals surface area contributed by atoms with Gasteiger partial charge in [-0.05, 0) is 48.0 Å². The van der Waals surface area contributed by atoms with E-state index in [1.54, 1.807) is 6.07 Å². The third kappa shape index (κ3) is 3.97. The highest BCUT2D eigenvalue weighted by Gasteiger charge is 2.19. The molecule has 0 aliphatic heterocycles. The number of benzene rings is 1. The zero-order valence-corrected chi connectivity index (χ0v) is 14.7. The van der Waals surface area contributed by atoms with Crippen LogP contribution in [0, 0.1) is 13.8 Å². The molecule has 0 saturated heterocycles. The average molecular weight is 411 g/mol. The molecular formula is C14H11BrClF2NO2S. The third-order valence-electron chi connectivity index (χ3n) is 2.75. The van der Waals surface area contributed by atoms with Crippen LogP contribution in [0.4, 0.5) is 14.5 Å². The maximum atomic E-state index is 12.5. The highest BCUT2D eigenvalue weighted by atomic mass is 79.9. The lowest BCUT2D eigenvalue weighted by atomic mass is 10.2. The van der Waals surface area contributed by atoms with Gasteiger partial charge in [0.1, 0.15) is 0 Å². The number of hydrogen-bond donors (Lipinski definition) is 1. The van der Waals surface area contributed by atoms with Gasteiger partial charge in [-0.2, -0.15) is 8.78 Å². The number of aryl methyl sites for hydroxylation is 2. The molecule has 0 radical (unpaired) electrons.